The minimum absolute atomic E-state index is 0.873. The summed E-state index contributed by atoms with van der Waals surface area (Å²) in [5.41, 5.74) is 3.52. The summed E-state index contributed by atoms with van der Waals surface area (Å²) in [6.07, 6.45) is 1.78. The summed E-state index contributed by atoms with van der Waals surface area (Å²) in [5, 5.41) is 0. The zero-order chi connectivity index (χ0) is 14.8. The molecule has 2 heterocycles. The van der Waals surface area contributed by atoms with E-state index in [2.05, 4.69) is 56.5 Å². The van der Waals surface area contributed by atoms with E-state index in [-0.39, 0.29) is 0 Å². The van der Waals surface area contributed by atoms with Gasteiger partial charge in [0.2, 0.25) is 0 Å². The van der Waals surface area contributed by atoms with Gasteiger partial charge in [0, 0.05) is 12.1 Å². The number of para-hydroxylation sites is 1. The minimum atomic E-state index is 0.873. The van der Waals surface area contributed by atoms with E-state index in [1.807, 2.05) is 18.2 Å². The second-order valence-corrected chi connectivity index (χ2v) is 5.77. The SMILES string of the molecule is COc1ccccc1CCc1nc(Br)c2cccc(C)n12. The predicted octanol–water partition coefficient (Wildman–Crippen LogP) is 4.20. The Labute approximate surface area is 132 Å². The molecule has 4 heteroatoms. The van der Waals surface area contributed by atoms with Crippen LogP contribution in [0.2, 0.25) is 0 Å². The molecule has 3 rings (SSSR count). The van der Waals surface area contributed by atoms with Gasteiger partial charge < -0.3 is 4.74 Å². The van der Waals surface area contributed by atoms with Crippen molar-refractivity contribution in [1.29, 1.82) is 0 Å². The van der Waals surface area contributed by atoms with Gasteiger partial charge in [-0.25, -0.2) is 4.98 Å². The Morgan fingerprint density at radius 3 is 2.71 bits per heavy atom. The summed E-state index contributed by atoms with van der Waals surface area (Å²) in [5.74, 6) is 2.01. The number of hydrogen-bond donors (Lipinski definition) is 0. The first-order valence-corrected chi connectivity index (χ1v) is 7.74. The van der Waals surface area contributed by atoms with Crippen LogP contribution in [0, 0.1) is 6.92 Å². The van der Waals surface area contributed by atoms with Gasteiger partial charge in [-0.3, -0.25) is 4.40 Å². The molecular formula is C17H17BrN2O. The third kappa shape index (κ3) is 2.68. The highest BCUT2D eigenvalue weighted by Crippen LogP contribution is 2.23. The van der Waals surface area contributed by atoms with Crippen LogP contribution in [0.5, 0.6) is 5.75 Å². The summed E-state index contributed by atoms with van der Waals surface area (Å²) in [7, 11) is 1.71. The molecule has 1 aromatic carbocycles. The van der Waals surface area contributed by atoms with E-state index >= 15 is 0 Å². The van der Waals surface area contributed by atoms with Crippen LogP contribution in [0.15, 0.2) is 47.1 Å². The predicted molar refractivity (Wildman–Crippen MR) is 88.0 cm³/mol. The lowest BCUT2D eigenvalue weighted by molar-refractivity contribution is 0.409. The zero-order valence-corrected chi connectivity index (χ0v) is 13.7. The van der Waals surface area contributed by atoms with E-state index in [0.29, 0.717) is 0 Å². The number of rotatable bonds is 4. The van der Waals surface area contributed by atoms with Gasteiger partial charge in [0.05, 0.1) is 12.6 Å². The van der Waals surface area contributed by atoms with E-state index in [0.717, 1.165) is 34.5 Å². The molecule has 0 aliphatic carbocycles. The summed E-state index contributed by atoms with van der Waals surface area (Å²) in [4.78, 5) is 4.66. The Bertz CT molecular complexity index is 780. The van der Waals surface area contributed by atoms with Crippen LogP contribution in [0.3, 0.4) is 0 Å². The first-order chi connectivity index (χ1) is 10.2. The number of nitrogens with zero attached hydrogens (tertiary/aromatic N) is 2. The third-order valence-corrected chi connectivity index (χ3v) is 4.28. The van der Waals surface area contributed by atoms with Gasteiger partial charge in [-0.15, -0.1) is 0 Å². The van der Waals surface area contributed by atoms with Gasteiger partial charge in [0.25, 0.3) is 0 Å². The number of methoxy groups -OCH3 is 1. The number of benzene rings is 1. The molecule has 0 amide bonds. The van der Waals surface area contributed by atoms with E-state index in [1.165, 1.54) is 11.3 Å². The van der Waals surface area contributed by atoms with Gasteiger partial charge in [0.1, 0.15) is 16.2 Å². The molecule has 108 valence electrons. The Hall–Kier alpha value is -1.81. The number of fused-ring (bicyclic) bond motifs is 1. The van der Waals surface area contributed by atoms with Crippen molar-refractivity contribution in [3.05, 3.63) is 64.1 Å². The first-order valence-electron chi connectivity index (χ1n) is 6.95. The number of halogens is 1. The number of hydrogen-bond acceptors (Lipinski definition) is 2. The monoisotopic (exact) mass is 344 g/mol. The second-order valence-electron chi connectivity index (χ2n) is 5.02. The second kappa shape index (κ2) is 5.90. The standard InChI is InChI=1S/C17H17BrN2O/c1-12-6-5-8-14-17(18)19-16(20(12)14)11-10-13-7-3-4-9-15(13)21-2/h3-9H,10-11H2,1-2H3. The Balaban J connectivity index is 1.92. The molecule has 0 N–H and O–H groups in total. The minimum Gasteiger partial charge on any atom is -0.496 e. The lowest BCUT2D eigenvalue weighted by atomic mass is 10.1. The summed E-state index contributed by atoms with van der Waals surface area (Å²) >= 11 is 3.55. The van der Waals surface area contributed by atoms with Crippen LogP contribution in [0.25, 0.3) is 5.52 Å². The van der Waals surface area contributed by atoms with Gasteiger partial charge in [-0.05, 0) is 53.0 Å². The van der Waals surface area contributed by atoms with Crippen molar-refractivity contribution in [2.24, 2.45) is 0 Å². The topological polar surface area (TPSA) is 26.5 Å². The quantitative estimate of drug-likeness (QED) is 0.709. The smallest absolute Gasteiger partial charge is 0.132 e. The number of aryl methyl sites for hydroxylation is 3. The molecule has 0 unspecified atom stereocenters. The van der Waals surface area contributed by atoms with Crippen molar-refractivity contribution in [1.82, 2.24) is 9.38 Å². The Morgan fingerprint density at radius 2 is 1.90 bits per heavy atom. The molecule has 0 radical (unpaired) electrons. The Kier molecular flexibility index (Phi) is 3.97. The number of aromatic nitrogens is 2. The molecule has 0 aliphatic heterocycles. The normalized spacial score (nSPS) is 11.0. The van der Waals surface area contributed by atoms with Crippen molar-refractivity contribution in [2.75, 3.05) is 7.11 Å². The first kappa shape index (κ1) is 14.1. The summed E-state index contributed by atoms with van der Waals surface area (Å²) in [6.45, 7) is 2.10. The van der Waals surface area contributed by atoms with E-state index < -0.39 is 0 Å². The average Bonchev–Trinajstić information content (AvgIpc) is 2.83. The van der Waals surface area contributed by atoms with Crippen molar-refractivity contribution in [2.45, 2.75) is 19.8 Å². The highest BCUT2D eigenvalue weighted by Gasteiger charge is 2.11. The summed E-state index contributed by atoms with van der Waals surface area (Å²) < 4.78 is 8.53. The van der Waals surface area contributed by atoms with Crippen LogP contribution < -0.4 is 4.74 Å². The molecule has 0 spiro atoms. The van der Waals surface area contributed by atoms with E-state index in [4.69, 9.17) is 4.74 Å². The average molecular weight is 345 g/mol. The highest BCUT2D eigenvalue weighted by molar-refractivity contribution is 9.10. The van der Waals surface area contributed by atoms with Crippen LogP contribution in [-0.4, -0.2) is 16.5 Å². The van der Waals surface area contributed by atoms with Gasteiger partial charge in [0.15, 0.2) is 0 Å². The number of ether oxygens (including phenoxy) is 1. The van der Waals surface area contributed by atoms with Crippen molar-refractivity contribution < 1.29 is 4.74 Å². The fraction of sp³-hybridized carbons (Fsp3) is 0.235. The number of imidazole rings is 1. The summed E-state index contributed by atoms with van der Waals surface area (Å²) in [6, 6.07) is 14.4. The van der Waals surface area contributed by atoms with Crippen molar-refractivity contribution >= 4 is 21.4 Å². The highest BCUT2D eigenvalue weighted by atomic mass is 79.9. The van der Waals surface area contributed by atoms with E-state index in [1.54, 1.807) is 7.11 Å². The van der Waals surface area contributed by atoms with Gasteiger partial charge >= 0.3 is 0 Å². The van der Waals surface area contributed by atoms with Crippen molar-refractivity contribution in [3.63, 3.8) is 0 Å². The molecular weight excluding hydrogens is 328 g/mol. The molecule has 0 saturated carbocycles. The molecule has 0 atom stereocenters. The molecule has 0 bridgehead atoms. The molecule has 3 nitrogen and oxygen atoms in total. The fourth-order valence-corrected chi connectivity index (χ4v) is 3.18. The molecule has 0 aliphatic rings. The fourth-order valence-electron chi connectivity index (χ4n) is 2.67. The Morgan fingerprint density at radius 1 is 1.10 bits per heavy atom. The number of pyridine rings is 1. The van der Waals surface area contributed by atoms with Crippen LogP contribution in [-0.2, 0) is 12.8 Å². The van der Waals surface area contributed by atoms with Crippen LogP contribution in [0.4, 0.5) is 0 Å². The zero-order valence-electron chi connectivity index (χ0n) is 12.1. The van der Waals surface area contributed by atoms with Crippen LogP contribution >= 0.6 is 15.9 Å². The van der Waals surface area contributed by atoms with Gasteiger partial charge in [-0.2, -0.15) is 0 Å². The maximum absolute atomic E-state index is 5.41. The molecule has 0 fully saturated rings. The lowest BCUT2D eigenvalue weighted by Crippen LogP contribution is -2.01. The molecule has 3 aromatic rings. The van der Waals surface area contributed by atoms with E-state index in [9.17, 15) is 0 Å². The largest absolute Gasteiger partial charge is 0.496 e. The van der Waals surface area contributed by atoms with Gasteiger partial charge in [-0.1, -0.05) is 24.3 Å². The maximum atomic E-state index is 5.41. The molecule has 2 aromatic heterocycles. The lowest BCUT2D eigenvalue weighted by Gasteiger charge is -2.08. The maximum Gasteiger partial charge on any atom is 0.132 e. The third-order valence-electron chi connectivity index (χ3n) is 3.69. The molecule has 0 saturated heterocycles. The van der Waals surface area contributed by atoms with Crippen LogP contribution in [0.1, 0.15) is 17.1 Å². The van der Waals surface area contributed by atoms with Crippen molar-refractivity contribution in [3.8, 4) is 5.75 Å². The molecule has 21 heavy (non-hydrogen) atoms.